The number of carbonyl (C=O) groups excluding carboxylic acids is 4. The number of carbonyl (C=O) groups is 4. The third-order valence-corrected chi connectivity index (χ3v) is 9.25. The lowest BCUT2D eigenvalue weighted by molar-refractivity contribution is -0.173. The minimum Gasteiger partial charge on any atom is -0.508 e. The summed E-state index contributed by atoms with van der Waals surface area (Å²) < 4.78 is 19.3. The summed E-state index contributed by atoms with van der Waals surface area (Å²) in [5, 5.41) is 21.0. The topological polar surface area (TPSA) is 124 Å². The third kappa shape index (κ3) is 3.34. The van der Waals surface area contributed by atoms with E-state index in [1.54, 1.807) is 25.1 Å². The largest absolute Gasteiger partial charge is 0.508 e. The van der Waals surface area contributed by atoms with E-state index >= 15 is 0 Å². The minimum absolute atomic E-state index is 0.0631. The molecule has 2 aliphatic carbocycles. The molecule has 2 aliphatic heterocycles. The van der Waals surface area contributed by atoms with E-state index < -0.39 is 64.5 Å². The molecule has 2 aromatic rings. The molecule has 3 fully saturated rings. The maximum Gasteiger partial charge on any atom is 0.257 e. The fourth-order valence-electron chi connectivity index (χ4n) is 7.10. The zero-order chi connectivity index (χ0) is 28.0. The van der Waals surface area contributed by atoms with Crippen LogP contribution in [0.15, 0.2) is 48.0 Å². The number of allylic oxidation sites excluding steroid dienone is 2. The van der Waals surface area contributed by atoms with E-state index in [4.69, 9.17) is 16.3 Å². The summed E-state index contributed by atoms with van der Waals surface area (Å²) in [6.07, 6.45) is 2.00. The normalized spacial score (nSPS) is 31.7. The smallest absolute Gasteiger partial charge is 0.257 e. The van der Waals surface area contributed by atoms with E-state index in [1.807, 2.05) is 0 Å². The summed E-state index contributed by atoms with van der Waals surface area (Å²) in [4.78, 5) is 54.8. The van der Waals surface area contributed by atoms with Gasteiger partial charge in [0.2, 0.25) is 11.8 Å². The predicted molar refractivity (Wildman–Crippen MR) is 134 cm³/mol. The van der Waals surface area contributed by atoms with Crippen LogP contribution in [0.1, 0.15) is 31.2 Å². The summed E-state index contributed by atoms with van der Waals surface area (Å²) in [6.45, 7) is 1.65. The van der Waals surface area contributed by atoms with Gasteiger partial charge in [0.1, 0.15) is 17.3 Å². The Morgan fingerprint density at radius 2 is 1.79 bits per heavy atom. The molecule has 6 atom stereocenters. The molecule has 0 spiro atoms. The second-order valence-electron chi connectivity index (χ2n) is 10.7. The summed E-state index contributed by atoms with van der Waals surface area (Å²) >= 11 is 5.98. The van der Waals surface area contributed by atoms with Crippen LogP contribution >= 0.6 is 11.6 Å². The van der Waals surface area contributed by atoms with Crippen molar-refractivity contribution in [1.82, 2.24) is 5.06 Å². The summed E-state index contributed by atoms with van der Waals surface area (Å²) in [6, 6.07) is 8.14. The number of phenols is 1. The maximum absolute atomic E-state index is 14.2. The number of phenolic OH excluding ortho intramolecular Hbond substituents is 1. The van der Waals surface area contributed by atoms with Gasteiger partial charge in [-0.3, -0.25) is 24.4 Å². The molecule has 2 saturated heterocycles. The van der Waals surface area contributed by atoms with Gasteiger partial charge in [0.05, 0.1) is 41.0 Å². The molecule has 2 N–H and O–H groups in total. The van der Waals surface area contributed by atoms with Crippen LogP contribution in [0.25, 0.3) is 0 Å². The van der Waals surface area contributed by atoms with Crippen molar-refractivity contribution in [3.63, 3.8) is 0 Å². The highest BCUT2D eigenvalue weighted by Crippen LogP contribution is 2.64. The number of aromatic hydroxyl groups is 1. The van der Waals surface area contributed by atoms with Gasteiger partial charge < -0.3 is 9.84 Å². The quantitative estimate of drug-likeness (QED) is 0.336. The summed E-state index contributed by atoms with van der Waals surface area (Å²) in [5.41, 5.74) is -0.352. The average molecular weight is 555 g/mol. The van der Waals surface area contributed by atoms with Crippen LogP contribution in [0, 0.1) is 34.9 Å². The molecular weight excluding hydrogens is 531 g/mol. The van der Waals surface area contributed by atoms with E-state index in [1.165, 1.54) is 25.3 Å². The van der Waals surface area contributed by atoms with Crippen LogP contribution in [0.4, 0.5) is 10.1 Å². The zero-order valence-corrected chi connectivity index (χ0v) is 21.7. The van der Waals surface area contributed by atoms with E-state index in [0.717, 1.165) is 11.0 Å². The number of nitrogens with zero attached hydrogens (tertiary/aromatic N) is 2. The average Bonchev–Trinajstić information content (AvgIpc) is 3.26. The van der Waals surface area contributed by atoms with Crippen LogP contribution < -0.4 is 9.64 Å². The standard InChI is InChI=1S/C28H24ClFN2O7/c1-28-18(25(35)31(27(28)37)12-3-7-20(30)19(29)9-12)11-16-14(5-6-15-22(16)26(36)32(38)24(15)34)23(28)17-10-13(39-2)4-8-21(17)33/h3-5,7-10,15-16,18,22-23,33,38H,6,11H2,1-2H3. The highest BCUT2D eigenvalue weighted by molar-refractivity contribution is 6.31. The van der Waals surface area contributed by atoms with Gasteiger partial charge in [-0.1, -0.05) is 23.3 Å². The number of fused-ring (bicyclic) bond motifs is 4. The van der Waals surface area contributed by atoms with Gasteiger partial charge in [-0.25, -0.2) is 9.29 Å². The number of ether oxygens (including phenoxy) is 1. The second-order valence-corrected chi connectivity index (χ2v) is 11.1. The molecule has 0 aromatic heterocycles. The Kier molecular flexibility index (Phi) is 5.64. The van der Waals surface area contributed by atoms with Crippen molar-refractivity contribution in [1.29, 1.82) is 0 Å². The van der Waals surface area contributed by atoms with Crippen LogP contribution in [0.2, 0.25) is 5.02 Å². The second kappa shape index (κ2) is 8.62. The van der Waals surface area contributed by atoms with Crippen molar-refractivity contribution < 1.29 is 38.6 Å². The van der Waals surface area contributed by atoms with Crippen molar-refractivity contribution in [2.24, 2.45) is 29.1 Å². The molecular formula is C28H24ClFN2O7. The van der Waals surface area contributed by atoms with Crippen molar-refractivity contribution in [2.75, 3.05) is 12.0 Å². The molecule has 9 nitrogen and oxygen atoms in total. The first-order valence-corrected chi connectivity index (χ1v) is 12.9. The minimum atomic E-state index is -1.42. The Labute approximate surface area is 227 Å². The van der Waals surface area contributed by atoms with Crippen molar-refractivity contribution in [2.45, 2.75) is 25.7 Å². The van der Waals surface area contributed by atoms with Crippen LogP contribution in [0.5, 0.6) is 11.5 Å². The number of benzene rings is 2. The first-order chi connectivity index (χ1) is 18.5. The van der Waals surface area contributed by atoms with E-state index in [2.05, 4.69) is 0 Å². The Morgan fingerprint density at radius 1 is 1.05 bits per heavy atom. The van der Waals surface area contributed by atoms with Gasteiger partial charge in [-0.2, -0.15) is 5.06 Å². The molecule has 11 heteroatoms. The molecule has 4 amide bonds. The molecule has 6 unspecified atom stereocenters. The van der Waals surface area contributed by atoms with Gasteiger partial charge in [0, 0.05) is 11.5 Å². The highest BCUT2D eigenvalue weighted by atomic mass is 35.5. The number of hydrogen-bond donors (Lipinski definition) is 2. The van der Waals surface area contributed by atoms with E-state index in [0.29, 0.717) is 16.9 Å². The molecule has 2 heterocycles. The number of anilines is 1. The van der Waals surface area contributed by atoms with Gasteiger partial charge in [-0.15, -0.1) is 0 Å². The fourth-order valence-corrected chi connectivity index (χ4v) is 7.28. The third-order valence-electron chi connectivity index (χ3n) is 8.96. The van der Waals surface area contributed by atoms with Gasteiger partial charge in [0.25, 0.3) is 11.8 Å². The zero-order valence-electron chi connectivity index (χ0n) is 20.9. The predicted octanol–water partition coefficient (Wildman–Crippen LogP) is 3.81. The molecule has 6 rings (SSSR count). The van der Waals surface area contributed by atoms with E-state index in [-0.39, 0.29) is 34.4 Å². The highest BCUT2D eigenvalue weighted by Gasteiger charge is 2.68. The Morgan fingerprint density at radius 3 is 2.49 bits per heavy atom. The first-order valence-electron chi connectivity index (χ1n) is 12.5. The van der Waals surface area contributed by atoms with Crippen LogP contribution in [-0.4, -0.2) is 46.1 Å². The Hall–Kier alpha value is -3.76. The van der Waals surface area contributed by atoms with Crippen molar-refractivity contribution in [3.8, 4) is 11.5 Å². The number of amides is 4. The fraction of sp³-hybridized carbons (Fsp3) is 0.357. The first kappa shape index (κ1) is 25.5. The lowest BCUT2D eigenvalue weighted by Crippen LogP contribution is -2.48. The molecule has 0 radical (unpaired) electrons. The number of hydrogen-bond acceptors (Lipinski definition) is 7. The van der Waals surface area contributed by atoms with Gasteiger partial charge in [0.15, 0.2) is 0 Å². The van der Waals surface area contributed by atoms with Crippen LogP contribution in [-0.2, 0) is 19.2 Å². The molecule has 2 aromatic carbocycles. The number of hydroxylamine groups is 2. The molecule has 39 heavy (non-hydrogen) atoms. The molecule has 1 saturated carbocycles. The van der Waals surface area contributed by atoms with Crippen molar-refractivity contribution in [3.05, 3.63) is 64.5 Å². The van der Waals surface area contributed by atoms with Crippen LogP contribution in [0.3, 0.4) is 0 Å². The molecule has 4 aliphatic rings. The SMILES string of the molecule is COc1ccc(O)c(C2C3=CCC4C(=O)N(O)C(=O)C4C3CC3C(=O)N(c4ccc(F)c(Cl)c4)C(=O)C32C)c1. The lowest BCUT2D eigenvalue weighted by Gasteiger charge is -2.49. The summed E-state index contributed by atoms with van der Waals surface area (Å²) in [5.74, 6) is -7.20. The van der Waals surface area contributed by atoms with Crippen molar-refractivity contribution >= 4 is 40.9 Å². The molecule has 202 valence electrons. The Balaban J connectivity index is 1.56. The van der Waals surface area contributed by atoms with E-state index in [9.17, 15) is 33.9 Å². The summed E-state index contributed by atoms with van der Waals surface area (Å²) in [7, 11) is 1.46. The number of rotatable bonds is 3. The Bertz CT molecular complexity index is 1510. The number of methoxy groups -OCH3 is 1. The maximum atomic E-state index is 14.2. The lowest BCUT2D eigenvalue weighted by atomic mass is 9.51. The molecule has 0 bridgehead atoms. The number of imide groups is 2. The van der Waals surface area contributed by atoms with Gasteiger partial charge >= 0.3 is 0 Å². The number of halogens is 2. The monoisotopic (exact) mass is 554 g/mol. The van der Waals surface area contributed by atoms with Gasteiger partial charge in [-0.05, 0) is 62.1 Å².